The Morgan fingerprint density at radius 1 is 1.00 bits per heavy atom. The van der Waals surface area contributed by atoms with Gasteiger partial charge in [-0.1, -0.05) is 31.2 Å². The average Bonchev–Trinajstić information content (AvgIpc) is 3.03. The third-order valence-corrected chi connectivity index (χ3v) is 8.12. The Morgan fingerprint density at radius 3 is 2.39 bits per heavy atom. The molecule has 0 bridgehead atoms. The lowest BCUT2D eigenvalue weighted by atomic mass is 9.50. The summed E-state index contributed by atoms with van der Waals surface area (Å²) in [5, 5.41) is 0. The number of imide groups is 1. The predicted molar refractivity (Wildman–Crippen MR) is 119 cm³/mol. The Hall–Kier alpha value is -2.66. The first-order valence-corrected chi connectivity index (χ1v) is 11.2. The van der Waals surface area contributed by atoms with Crippen LogP contribution in [0.15, 0.2) is 48.5 Å². The van der Waals surface area contributed by atoms with Gasteiger partial charge < -0.3 is 9.64 Å². The van der Waals surface area contributed by atoms with Crippen LogP contribution in [0.1, 0.15) is 58.9 Å². The molecule has 0 unspecified atom stereocenters. The lowest BCUT2D eigenvalue weighted by Gasteiger charge is -2.60. The standard InChI is InChI=1S/C26H30N2O3/c1-25-12-11-19(28-23(29)21-9-4-5-10-22(21)24(28)30)16-26(25,13-14-27(2)17-25)18-7-6-8-20(15-18)31-3/h4-10,15,19H,11-14,16-17H2,1-3H3/t19-,25-,26-/m1/s1. The topological polar surface area (TPSA) is 49.9 Å². The Kier molecular flexibility index (Phi) is 4.70. The van der Waals surface area contributed by atoms with Crippen LogP contribution in [0.25, 0.3) is 0 Å². The maximum absolute atomic E-state index is 13.2. The number of fused-ring (bicyclic) bond motifs is 2. The second kappa shape index (κ2) is 7.20. The summed E-state index contributed by atoms with van der Waals surface area (Å²) in [7, 11) is 3.89. The largest absolute Gasteiger partial charge is 0.497 e. The minimum Gasteiger partial charge on any atom is -0.497 e. The van der Waals surface area contributed by atoms with Crippen molar-refractivity contribution in [2.75, 3.05) is 27.2 Å². The number of carbonyl (C=O) groups is 2. The van der Waals surface area contributed by atoms with E-state index >= 15 is 0 Å². The zero-order chi connectivity index (χ0) is 21.8. The Labute approximate surface area is 184 Å². The van der Waals surface area contributed by atoms with Crippen molar-refractivity contribution in [3.05, 3.63) is 65.2 Å². The first-order valence-electron chi connectivity index (χ1n) is 11.2. The molecule has 1 saturated heterocycles. The van der Waals surface area contributed by atoms with Crippen molar-refractivity contribution >= 4 is 11.8 Å². The molecule has 2 aliphatic heterocycles. The number of benzene rings is 2. The second-order valence-corrected chi connectivity index (χ2v) is 9.79. The van der Waals surface area contributed by atoms with Gasteiger partial charge in [-0.15, -0.1) is 0 Å². The van der Waals surface area contributed by atoms with E-state index < -0.39 is 0 Å². The van der Waals surface area contributed by atoms with E-state index in [-0.39, 0.29) is 28.7 Å². The van der Waals surface area contributed by atoms with E-state index in [1.165, 1.54) is 5.56 Å². The number of likely N-dealkylation sites (tertiary alicyclic amines) is 1. The molecule has 2 aromatic rings. The van der Waals surface area contributed by atoms with Crippen molar-refractivity contribution in [3.63, 3.8) is 0 Å². The molecule has 3 aliphatic rings. The summed E-state index contributed by atoms with van der Waals surface area (Å²) in [4.78, 5) is 30.4. The van der Waals surface area contributed by atoms with Gasteiger partial charge in [-0.25, -0.2) is 0 Å². The number of nitrogens with zero attached hydrogens (tertiary/aromatic N) is 2. The Morgan fingerprint density at radius 2 is 1.71 bits per heavy atom. The van der Waals surface area contributed by atoms with E-state index in [1.54, 1.807) is 24.1 Å². The van der Waals surface area contributed by atoms with Crippen molar-refractivity contribution in [1.29, 1.82) is 0 Å². The van der Waals surface area contributed by atoms with E-state index in [4.69, 9.17) is 4.74 Å². The fraction of sp³-hybridized carbons (Fsp3) is 0.462. The van der Waals surface area contributed by atoms with Crippen LogP contribution in [0.5, 0.6) is 5.75 Å². The fourth-order valence-electron chi connectivity index (χ4n) is 6.46. The van der Waals surface area contributed by atoms with Gasteiger partial charge in [0.2, 0.25) is 0 Å². The summed E-state index contributed by atoms with van der Waals surface area (Å²) in [6.45, 7) is 4.40. The quantitative estimate of drug-likeness (QED) is 0.704. The lowest BCUT2D eigenvalue weighted by molar-refractivity contribution is -0.0355. The van der Waals surface area contributed by atoms with Gasteiger partial charge in [-0.05, 0) is 74.5 Å². The maximum atomic E-state index is 13.2. The molecule has 2 aromatic carbocycles. The van der Waals surface area contributed by atoms with Crippen LogP contribution in [0.3, 0.4) is 0 Å². The summed E-state index contributed by atoms with van der Waals surface area (Å²) in [6.07, 6.45) is 3.64. The van der Waals surface area contributed by atoms with Gasteiger partial charge in [0, 0.05) is 18.0 Å². The summed E-state index contributed by atoms with van der Waals surface area (Å²) >= 11 is 0. The van der Waals surface area contributed by atoms with E-state index in [2.05, 4.69) is 37.1 Å². The molecule has 2 fully saturated rings. The van der Waals surface area contributed by atoms with Gasteiger partial charge in [0.1, 0.15) is 5.75 Å². The zero-order valence-corrected chi connectivity index (χ0v) is 18.6. The first kappa shape index (κ1) is 20.3. The smallest absolute Gasteiger partial charge is 0.261 e. The van der Waals surface area contributed by atoms with Crippen LogP contribution in [0.2, 0.25) is 0 Å². The number of hydrogen-bond donors (Lipinski definition) is 0. The summed E-state index contributed by atoms with van der Waals surface area (Å²) < 4.78 is 5.55. The highest BCUT2D eigenvalue weighted by atomic mass is 16.5. The number of hydrogen-bond acceptors (Lipinski definition) is 4. The number of amides is 2. The van der Waals surface area contributed by atoms with Crippen molar-refractivity contribution in [2.45, 2.75) is 44.1 Å². The molecule has 3 atom stereocenters. The fourth-order valence-corrected chi connectivity index (χ4v) is 6.46. The Balaban J connectivity index is 1.56. The molecule has 5 heteroatoms. The van der Waals surface area contributed by atoms with Crippen LogP contribution in [0, 0.1) is 5.41 Å². The van der Waals surface area contributed by atoms with Crippen molar-refractivity contribution < 1.29 is 14.3 Å². The predicted octanol–water partition coefficient (Wildman–Crippen LogP) is 4.12. The number of piperidine rings is 1. The molecule has 1 aliphatic carbocycles. The molecule has 0 N–H and O–H groups in total. The molecular weight excluding hydrogens is 388 g/mol. The SMILES string of the molecule is COc1cccc([C@]23CCN(C)C[C@@]2(C)CC[C@@H](N2C(=O)c4ccccc4C2=O)C3)c1. The minimum atomic E-state index is -0.136. The van der Waals surface area contributed by atoms with Gasteiger partial charge >= 0.3 is 0 Å². The molecule has 2 heterocycles. The van der Waals surface area contributed by atoms with E-state index in [0.29, 0.717) is 11.1 Å². The van der Waals surface area contributed by atoms with Crippen LogP contribution in [-0.4, -0.2) is 54.9 Å². The van der Waals surface area contributed by atoms with Gasteiger partial charge in [-0.3, -0.25) is 14.5 Å². The molecule has 31 heavy (non-hydrogen) atoms. The molecule has 0 spiro atoms. The molecule has 0 radical (unpaired) electrons. The average molecular weight is 419 g/mol. The van der Waals surface area contributed by atoms with Gasteiger partial charge in [0.15, 0.2) is 0 Å². The first-order chi connectivity index (χ1) is 14.9. The van der Waals surface area contributed by atoms with Gasteiger partial charge in [0.25, 0.3) is 11.8 Å². The van der Waals surface area contributed by atoms with Crippen molar-refractivity contribution in [1.82, 2.24) is 9.80 Å². The second-order valence-electron chi connectivity index (χ2n) is 9.79. The highest BCUT2D eigenvalue weighted by Gasteiger charge is 2.57. The van der Waals surface area contributed by atoms with Crippen LogP contribution >= 0.6 is 0 Å². The van der Waals surface area contributed by atoms with Gasteiger partial charge in [-0.2, -0.15) is 0 Å². The summed E-state index contributed by atoms with van der Waals surface area (Å²) in [5.41, 5.74) is 2.32. The van der Waals surface area contributed by atoms with Crippen molar-refractivity contribution in [3.8, 4) is 5.75 Å². The number of methoxy groups -OCH3 is 1. The zero-order valence-electron chi connectivity index (χ0n) is 18.6. The van der Waals surface area contributed by atoms with Crippen LogP contribution in [0.4, 0.5) is 0 Å². The van der Waals surface area contributed by atoms with Gasteiger partial charge in [0.05, 0.1) is 18.2 Å². The highest BCUT2D eigenvalue weighted by molar-refractivity contribution is 6.21. The highest BCUT2D eigenvalue weighted by Crippen LogP contribution is 2.58. The summed E-state index contributed by atoms with van der Waals surface area (Å²) in [5.74, 6) is 0.585. The molecule has 162 valence electrons. The van der Waals surface area contributed by atoms with Crippen molar-refractivity contribution in [2.24, 2.45) is 5.41 Å². The van der Waals surface area contributed by atoms with E-state index in [9.17, 15) is 9.59 Å². The molecule has 5 rings (SSSR count). The maximum Gasteiger partial charge on any atom is 0.261 e. The third-order valence-electron chi connectivity index (χ3n) is 8.12. The molecule has 1 saturated carbocycles. The molecule has 0 aromatic heterocycles. The van der Waals surface area contributed by atoms with Crippen LogP contribution < -0.4 is 4.74 Å². The number of ether oxygens (including phenoxy) is 1. The number of carbonyl (C=O) groups excluding carboxylic acids is 2. The van der Waals surface area contributed by atoms with Crippen LogP contribution in [-0.2, 0) is 5.41 Å². The molecule has 5 nitrogen and oxygen atoms in total. The normalized spacial score (nSPS) is 30.8. The monoisotopic (exact) mass is 418 g/mol. The Bertz CT molecular complexity index is 1020. The van der Waals surface area contributed by atoms with E-state index in [0.717, 1.165) is 44.5 Å². The van der Waals surface area contributed by atoms with E-state index in [1.807, 2.05) is 18.2 Å². The molecule has 2 amide bonds. The third kappa shape index (κ3) is 2.93. The summed E-state index contributed by atoms with van der Waals surface area (Å²) in [6, 6.07) is 15.5. The minimum absolute atomic E-state index is 0.0710. The lowest BCUT2D eigenvalue weighted by Crippen LogP contribution is -2.61. The molecular formula is C26H30N2O3. The number of rotatable bonds is 3.